The van der Waals surface area contributed by atoms with E-state index in [4.69, 9.17) is 0 Å². The first-order valence-electron chi connectivity index (χ1n) is 24.5. The van der Waals surface area contributed by atoms with E-state index in [1.165, 1.54) is 41.5 Å². The van der Waals surface area contributed by atoms with Crippen molar-refractivity contribution in [3.63, 3.8) is 0 Å². The predicted molar refractivity (Wildman–Crippen MR) is 291 cm³/mol. The van der Waals surface area contributed by atoms with Gasteiger partial charge >= 0.3 is 0 Å². The van der Waals surface area contributed by atoms with Crippen molar-refractivity contribution in [1.82, 2.24) is 25.9 Å². The first-order valence-corrected chi connectivity index (χ1v) is 24.5. The molecule has 0 aliphatic rings. The standard InChI is InChI=1S/C22H20FNO.2C21H19FN2O/c1-16-6-5-7-18(12-16)15-24-22(25)14-17-10-11-20(21(23)13-17)19-8-3-2-4-9-19;1-15-4-2-5-16(10-15)14-24-21(25)11-17-8-9-20(23-13-17)18-6-3-7-19(22)12-18;1-15-3-2-4-16(11-15)14-24-21(25)12-17-5-10-20(23-13-17)18-6-8-19(22)9-7-18/h2-13H,14-15H2,1H3,(H,24,25);2-10,12-13H,11,14H2,1H3,(H,24,25);2-11,13H,12,14H2,1H3,(H,24,25). The summed E-state index contributed by atoms with van der Waals surface area (Å²) in [5.41, 5.74) is 13.4. The lowest BCUT2D eigenvalue weighted by atomic mass is 10.0. The van der Waals surface area contributed by atoms with Crippen LogP contribution in [0.1, 0.15) is 50.1 Å². The summed E-state index contributed by atoms with van der Waals surface area (Å²) >= 11 is 0. The average Bonchev–Trinajstić information content (AvgIpc) is 3.41. The van der Waals surface area contributed by atoms with Gasteiger partial charge in [-0.3, -0.25) is 24.4 Å². The Bertz CT molecular complexity index is 3310. The van der Waals surface area contributed by atoms with E-state index in [9.17, 15) is 27.6 Å². The first-order chi connectivity index (χ1) is 36.3. The quantitative estimate of drug-likeness (QED) is 0.0947. The maximum absolute atomic E-state index is 14.3. The Morgan fingerprint density at radius 3 is 1.25 bits per heavy atom. The minimum absolute atomic E-state index is 0.0437. The van der Waals surface area contributed by atoms with Crippen molar-refractivity contribution < 1.29 is 27.6 Å². The van der Waals surface area contributed by atoms with Crippen molar-refractivity contribution in [1.29, 1.82) is 0 Å². The molecule has 3 amide bonds. The highest BCUT2D eigenvalue weighted by Gasteiger charge is 2.11. The van der Waals surface area contributed by atoms with Gasteiger partial charge in [-0.15, -0.1) is 0 Å². The van der Waals surface area contributed by atoms with Gasteiger partial charge in [-0.25, -0.2) is 13.2 Å². The minimum atomic E-state index is -0.310. The molecule has 9 rings (SSSR count). The molecule has 0 aliphatic heterocycles. The van der Waals surface area contributed by atoms with Crippen molar-refractivity contribution >= 4 is 17.7 Å². The van der Waals surface area contributed by atoms with Gasteiger partial charge in [-0.1, -0.05) is 156 Å². The molecule has 2 heterocycles. The summed E-state index contributed by atoms with van der Waals surface area (Å²) in [7, 11) is 0. The normalized spacial score (nSPS) is 10.5. The van der Waals surface area contributed by atoms with E-state index >= 15 is 0 Å². The lowest BCUT2D eigenvalue weighted by Gasteiger charge is -2.08. The van der Waals surface area contributed by atoms with E-state index in [1.807, 2.05) is 130 Å². The molecule has 8 nitrogen and oxygen atoms in total. The zero-order chi connectivity index (χ0) is 52.9. The van der Waals surface area contributed by atoms with Crippen LogP contribution in [0.2, 0.25) is 0 Å². The number of carbonyl (C=O) groups excluding carboxylic acids is 3. The van der Waals surface area contributed by atoms with Crippen LogP contribution in [0.25, 0.3) is 33.6 Å². The fraction of sp³-hybridized carbons (Fsp3) is 0.141. The Balaban J connectivity index is 0.000000164. The van der Waals surface area contributed by atoms with Crippen LogP contribution in [0.15, 0.2) is 207 Å². The summed E-state index contributed by atoms with van der Waals surface area (Å²) in [6, 6.07) is 58.3. The number of aromatic nitrogens is 2. The van der Waals surface area contributed by atoms with Gasteiger partial charge in [-0.05, 0) is 114 Å². The van der Waals surface area contributed by atoms with E-state index in [2.05, 4.69) is 38.1 Å². The Kier molecular flexibility index (Phi) is 19.5. The summed E-state index contributed by atoms with van der Waals surface area (Å²) in [6.45, 7) is 7.57. The largest absolute Gasteiger partial charge is 0.352 e. The third kappa shape index (κ3) is 17.6. The molecule has 0 fully saturated rings. The zero-order valence-electron chi connectivity index (χ0n) is 42.1. The molecule has 0 radical (unpaired) electrons. The summed E-state index contributed by atoms with van der Waals surface area (Å²) in [5, 5.41) is 8.71. The number of aryl methyl sites for hydroxylation is 3. The number of carbonyl (C=O) groups is 3. The van der Waals surface area contributed by atoms with Crippen LogP contribution in [-0.4, -0.2) is 27.7 Å². The van der Waals surface area contributed by atoms with Crippen LogP contribution < -0.4 is 16.0 Å². The van der Waals surface area contributed by atoms with E-state index < -0.39 is 0 Å². The number of nitrogens with one attached hydrogen (secondary N) is 3. The monoisotopic (exact) mass is 1000 g/mol. The molecule has 7 aromatic carbocycles. The first kappa shape index (κ1) is 53.8. The third-order valence-corrected chi connectivity index (χ3v) is 11.8. The molecule has 0 atom stereocenters. The van der Waals surface area contributed by atoms with Gasteiger partial charge in [0, 0.05) is 48.7 Å². The molecule has 378 valence electrons. The summed E-state index contributed by atoms with van der Waals surface area (Å²) in [6.07, 6.45) is 4.06. The second-order valence-electron chi connectivity index (χ2n) is 18.1. The summed E-state index contributed by atoms with van der Waals surface area (Å²) in [4.78, 5) is 45.0. The summed E-state index contributed by atoms with van der Waals surface area (Å²) < 4.78 is 40.6. The maximum atomic E-state index is 14.3. The smallest absolute Gasteiger partial charge is 0.224 e. The van der Waals surface area contributed by atoms with Crippen molar-refractivity contribution in [2.75, 3.05) is 0 Å². The minimum Gasteiger partial charge on any atom is -0.352 e. The van der Waals surface area contributed by atoms with Gasteiger partial charge in [0.1, 0.15) is 17.5 Å². The van der Waals surface area contributed by atoms with Crippen molar-refractivity contribution in [3.8, 4) is 33.6 Å². The molecular formula is C64H58F3N5O3. The second-order valence-corrected chi connectivity index (χ2v) is 18.1. The average molecular weight is 1000 g/mol. The topological polar surface area (TPSA) is 113 Å². The molecule has 0 saturated carbocycles. The van der Waals surface area contributed by atoms with Crippen molar-refractivity contribution in [3.05, 3.63) is 274 Å². The molecule has 0 spiro atoms. The SMILES string of the molecule is Cc1cccc(CNC(=O)Cc2ccc(-c3ccc(F)cc3)nc2)c1.Cc1cccc(CNC(=O)Cc2ccc(-c3cccc(F)c3)nc2)c1.Cc1cccc(CNC(=O)Cc2ccc(-c3ccccc3)c(F)c2)c1. The number of benzene rings is 7. The molecule has 0 unspecified atom stereocenters. The van der Waals surface area contributed by atoms with Crippen LogP contribution in [0.4, 0.5) is 13.2 Å². The molecule has 0 saturated heterocycles. The molecular weight excluding hydrogens is 944 g/mol. The van der Waals surface area contributed by atoms with Crippen LogP contribution in [-0.2, 0) is 53.3 Å². The number of pyridine rings is 2. The summed E-state index contributed by atoms with van der Waals surface area (Å²) in [5.74, 6) is -1.09. The number of hydrogen-bond acceptors (Lipinski definition) is 5. The lowest BCUT2D eigenvalue weighted by molar-refractivity contribution is -0.121. The second kappa shape index (κ2) is 27.2. The molecule has 11 heteroatoms. The highest BCUT2D eigenvalue weighted by molar-refractivity contribution is 5.80. The molecule has 3 N–H and O–H groups in total. The van der Waals surface area contributed by atoms with Gasteiger partial charge in [0.15, 0.2) is 0 Å². The van der Waals surface area contributed by atoms with Crippen LogP contribution >= 0.6 is 0 Å². The molecule has 0 aliphatic carbocycles. The van der Waals surface area contributed by atoms with E-state index in [1.54, 1.807) is 54.9 Å². The van der Waals surface area contributed by atoms with E-state index in [-0.39, 0.29) is 54.4 Å². The number of halogens is 3. The molecule has 2 aromatic heterocycles. The fourth-order valence-electron chi connectivity index (χ4n) is 8.00. The fourth-order valence-corrected chi connectivity index (χ4v) is 8.00. The van der Waals surface area contributed by atoms with Crippen molar-refractivity contribution in [2.45, 2.75) is 59.7 Å². The van der Waals surface area contributed by atoms with Gasteiger partial charge < -0.3 is 16.0 Å². The van der Waals surface area contributed by atoms with Gasteiger partial charge in [-0.2, -0.15) is 0 Å². The van der Waals surface area contributed by atoms with E-state index in [0.29, 0.717) is 36.5 Å². The van der Waals surface area contributed by atoms with Crippen LogP contribution in [0.3, 0.4) is 0 Å². The highest BCUT2D eigenvalue weighted by atomic mass is 19.1. The Morgan fingerprint density at radius 2 is 0.813 bits per heavy atom. The Labute approximate surface area is 436 Å². The van der Waals surface area contributed by atoms with Gasteiger partial charge in [0.05, 0.1) is 30.7 Å². The Morgan fingerprint density at radius 1 is 0.373 bits per heavy atom. The van der Waals surface area contributed by atoms with E-state index in [0.717, 1.165) is 55.8 Å². The predicted octanol–water partition coefficient (Wildman–Crippen LogP) is 12.8. The maximum Gasteiger partial charge on any atom is 0.224 e. The third-order valence-electron chi connectivity index (χ3n) is 11.8. The Hall–Kier alpha value is -8.96. The number of hydrogen-bond donors (Lipinski definition) is 3. The van der Waals surface area contributed by atoms with Crippen LogP contribution in [0.5, 0.6) is 0 Å². The van der Waals surface area contributed by atoms with Gasteiger partial charge in [0.2, 0.25) is 17.7 Å². The highest BCUT2D eigenvalue weighted by Crippen LogP contribution is 2.24. The molecule has 9 aromatic rings. The number of nitrogens with zero attached hydrogens (tertiary/aromatic N) is 2. The molecule has 0 bridgehead atoms. The molecule has 75 heavy (non-hydrogen) atoms. The zero-order valence-corrected chi connectivity index (χ0v) is 42.1. The number of rotatable bonds is 15. The van der Waals surface area contributed by atoms with Crippen molar-refractivity contribution in [2.24, 2.45) is 0 Å². The number of amides is 3. The van der Waals surface area contributed by atoms with Crippen LogP contribution in [0, 0.1) is 38.2 Å². The van der Waals surface area contributed by atoms with Gasteiger partial charge in [0.25, 0.3) is 0 Å². The lowest BCUT2D eigenvalue weighted by Crippen LogP contribution is -2.24.